The standard InChI is InChI=1S/C11H19N3OS/c1-2-11(12,8-15)5-3-7-16-10-4-6-13-9-14-10/h4,6,9,15H,2-3,5,7-8,12H2,1H3. The van der Waals surface area contributed by atoms with E-state index in [4.69, 9.17) is 10.8 Å². The second-order valence-corrected chi connectivity index (χ2v) is 4.99. The first-order valence-electron chi connectivity index (χ1n) is 5.49. The van der Waals surface area contributed by atoms with Gasteiger partial charge in [0.25, 0.3) is 0 Å². The van der Waals surface area contributed by atoms with Gasteiger partial charge in [0.1, 0.15) is 6.33 Å². The number of nitrogens with zero attached hydrogens (tertiary/aromatic N) is 2. The summed E-state index contributed by atoms with van der Waals surface area (Å²) < 4.78 is 0. The summed E-state index contributed by atoms with van der Waals surface area (Å²) in [6.07, 6.45) is 5.93. The van der Waals surface area contributed by atoms with Crippen molar-refractivity contribution in [3.05, 3.63) is 18.6 Å². The van der Waals surface area contributed by atoms with Crippen molar-refractivity contribution in [2.24, 2.45) is 5.73 Å². The molecule has 0 aliphatic carbocycles. The largest absolute Gasteiger partial charge is 0.394 e. The van der Waals surface area contributed by atoms with Gasteiger partial charge in [-0.15, -0.1) is 11.8 Å². The van der Waals surface area contributed by atoms with Gasteiger partial charge in [-0.2, -0.15) is 0 Å². The van der Waals surface area contributed by atoms with Gasteiger partial charge in [0.15, 0.2) is 0 Å². The zero-order valence-corrected chi connectivity index (χ0v) is 10.4. The summed E-state index contributed by atoms with van der Waals surface area (Å²) in [5.74, 6) is 0.968. The van der Waals surface area contributed by atoms with Crippen LogP contribution in [0.3, 0.4) is 0 Å². The third-order valence-corrected chi connectivity index (χ3v) is 3.67. The number of hydrogen-bond acceptors (Lipinski definition) is 5. The first kappa shape index (κ1) is 13.4. The minimum Gasteiger partial charge on any atom is -0.394 e. The second kappa shape index (κ2) is 6.83. The number of thioether (sulfide) groups is 1. The summed E-state index contributed by atoms with van der Waals surface area (Å²) in [6.45, 7) is 2.06. The topological polar surface area (TPSA) is 72.0 Å². The average Bonchev–Trinajstić information content (AvgIpc) is 2.36. The van der Waals surface area contributed by atoms with E-state index in [0.29, 0.717) is 0 Å². The van der Waals surface area contributed by atoms with Crippen molar-refractivity contribution in [1.82, 2.24) is 9.97 Å². The normalized spacial score (nSPS) is 14.7. The second-order valence-electron chi connectivity index (χ2n) is 3.87. The fourth-order valence-electron chi connectivity index (χ4n) is 1.33. The molecule has 5 heteroatoms. The highest BCUT2D eigenvalue weighted by Gasteiger charge is 2.20. The Labute approximate surface area is 101 Å². The van der Waals surface area contributed by atoms with Gasteiger partial charge < -0.3 is 10.8 Å². The lowest BCUT2D eigenvalue weighted by Gasteiger charge is -2.25. The molecule has 1 rings (SSSR count). The van der Waals surface area contributed by atoms with E-state index in [1.54, 1.807) is 24.3 Å². The molecule has 1 aromatic rings. The molecule has 0 aliphatic heterocycles. The van der Waals surface area contributed by atoms with Crippen molar-refractivity contribution in [3.63, 3.8) is 0 Å². The van der Waals surface area contributed by atoms with Crippen LogP contribution in [0.4, 0.5) is 0 Å². The molecule has 0 saturated heterocycles. The number of aliphatic hydroxyl groups excluding tert-OH is 1. The van der Waals surface area contributed by atoms with Crippen LogP contribution in [0.25, 0.3) is 0 Å². The predicted octanol–water partition coefficient (Wildman–Crippen LogP) is 1.45. The smallest absolute Gasteiger partial charge is 0.116 e. The molecule has 90 valence electrons. The van der Waals surface area contributed by atoms with Gasteiger partial charge in [-0.3, -0.25) is 0 Å². The molecule has 16 heavy (non-hydrogen) atoms. The molecule has 3 N–H and O–H groups in total. The van der Waals surface area contributed by atoms with E-state index in [1.807, 2.05) is 13.0 Å². The van der Waals surface area contributed by atoms with Crippen LogP contribution in [0.1, 0.15) is 26.2 Å². The quantitative estimate of drug-likeness (QED) is 0.429. The van der Waals surface area contributed by atoms with Crippen LogP contribution >= 0.6 is 11.8 Å². The lowest BCUT2D eigenvalue weighted by atomic mass is 9.93. The fourth-order valence-corrected chi connectivity index (χ4v) is 2.11. The Morgan fingerprint density at radius 1 is 1.56 bits per heavy atom. The fraction of sp³-hybridized carbons (Fsp3) is 0.636. The van der Waals surface area contributed by atoms with Gasteiger partial charge in [-0.1, -0.05) is 6.92 Å². The maximum atomic E-state index is 9.15. The molecule has 1 aromatic heterocycles. The highest BCUT2D eigenvalue weighted by atomic mass is 32.2. The zero-order chi connectivity index (χ0) is 11.9. The summed E-state index contributed by atoms with van der Waals surface area (Å²) in [5, 5.41) is 10.1. The maximum absolute atomic E-state index is 9.15. The Balaban J connectivity index is 2.22. The van der Waals surface area contributed by atoms with E-state index in [0.717, 1.165) is 30.0 Å². The maximum Gasteiger partial charge on any atom is 0.116 e. The summed E-state index contributed by atoms with van der Waals surface area (Å²) in [6, 6.07) is 1.90. The molecule has 0 bridgehead atoms. The minimum atomic E-state index is -0.410. The van der Waals surface area contributed by atoms with Crippen LogP contribution in [0.15, 0.2) is 23.6 Å². The highest BCUT2D eigenvalue weighted by molar-refractivity contribution is 7.99. The molecule has 0 fully saturated rings. The number of hydrogen-bond donors (Lipinski definition) is 2. The molecule has 1 unspecified atom stereocenters. The highest BCUT2D eigenvalue weighted by Crippen LogP contribution is 2.19. The first-order chi connectivity index (χ1) is 7.70. The van der Waals surface area contributed by atoms with Crippen LogP contribution in [0.2, 0.25) is 0 Å². The van der Waals surface area contributed by atoms with Crippen molar-refractivity contribution in [1.29, 1.82) is 0 Å². The van der Waals surface area contributed by atoms with Crippen molar-refractivity contribution in [3.8, 4) is 0 Å². The van der Waals surface area contributed by atoms with Crippen LogP contribution in [0.5, 0.6) is 0 Å². The van der Waals surface area contributed by atoms with E-state index >= 15 is 0 Å². The summed E-state index contributed by atoms with van der Waals surface area (Å²) in [4.78, 5) is 7.99. The van der Waals surface area contributed by atoms with E-state index < -0.39 is 5.54 Å². The Morgan fingerprint density at radius 3 is 2.94 bits per heavy atom. The molecule has 0 radical (unpaired) electrons. The van der Waals surface area contributed by atoms with Crippen LogP contribution in [-0.4, -0.2) is 33.0 Å². The SMILES string of the molecule is CCC(N)(CO)CCCSc1ccncn1. The molecule has 0 amide bonds. The van der Waals surface area contributed by atoms with Gasteiger partial charge in [0, 0.05) is 11.7 Å². The van der Waals surface area contributed by atoms with Gasteiger partial charge in [-0.05, 0) is 31.1 Å². The van der Waals surface area contributed by atoms with E-state index in [-0.39, 0.29) is 6.61 Å². The van der Waals surface area contributed by atoms with Crippen molar-refractivity contribution < 1.29 is 5.11 Å². The molecule has 4 nitrogen and oxygen atoms in total. The number of aromatic nitrogens is 2. The van der Waals surface area contributed by atoms with E-state index in [1.165, 1.54) is 0 Å². The lowest BCUT2D eigenvalue weighted by molar-refractivity contribution is 0.182. The summed E-state index contributed by atoms with van der Waals surface area (Å²) >= 11 is 1.69. The summed E-state index contributed by atoms with van der Waals surface area (Å²) in [7, 11) is 0. The number of rotatable bonds is 7. The Kier molecular flexibility index (Phi) is 5.73. The molecule has 0 aliphatic rings. The van der Waals surface area contributed by atoms with E-state index in [2.05, 4.69) is 9.97 Å². The zero-order valence-electron chi connectivity index (χ0n) is 9.59. The minimum absolute atomic E-state index is 0.0572. The molecule has 1 heterocycles. The van der Waals surface area contributed by atoms with Crippen molar-refractivity contribution in [2.45, 2.75) is 36.8 Å². The Hall–Kier alpha value is -0.650. The third-order valence-electron chi connectivity index (χ3n) is 2.64. The molecule has 1 atom stereocenters. The Morgan fingerprint density at radius 2 is 2.38 bits per heavy atom. The van der Waals surface area contributed by atoms with Crippen molar-refractivity contribution >= 4 is 11.8 Å². The third kappa shape index (κ3) is 4.47. The number of nitrogens with two attached hydrogens (primary N) is 1. The Bertz CT molecular complexity index is 291. The molecule has 0 spiro atoms. The number of aliphatic hydroxyl groups is 1. The van der Waals surface area contributed by atoms with Crippen LogP contribution in [0, 0.1) is 0 Å². The summed E-state index contributed by atoms with van der Waals surface area (Å²) in [5.41, 5.74) is 5.58. The monoisotopic (exact) mass is 241 g/mol. The van der Waals surface area contributed by atoms with Crippen LogP contribution in [-0.2, 0) is 0 Å². The first-order valence-corrected chi connectivity index (χ1v) is 6.47. The van der Waals surface area contributed by atoms with Gasteiger partial charge in [0.05, 0.1) is 11.6 Å². The van der Waals surface area contributed by atoms with Gasteiger partial charge >= 0.3 is 0 Å². The van der Waals surface area contributed by atoms with Gasteiger partial charge in [0.2, 0.25) is 0 Å². The average molecular weight is 241 g/mol. The molecule has 0 aromatic carbocycles. The molecular weight excluding hydrogens is 222 g/mol. The predicted molar refractivity (Wildman–Crippen MR) is 66.3 cm³/mol. The molecule has 0 saturated carbocycles. The van der Waals surface area contributed by atoms with Gasteiger partial charge in [-0.25, -0.2) is 9.97 Å². The lowest BCUT2D eigenvalue weighted by Crippen LogP contribution is -2.42. The van der Waals surface area contributed by atoms with E-state index in [9.17, 15) is 0 Å². The molecular formula is C11H19N3OS. The van der Waals surface area contributed by atoms with Crippen molar-refractivity contribution in [2.75, 3.05) is 12.4 Å². The van der Waals surface area contributed by atoms with Crippen LogP contribution < -0.4 is 5.73 Å².